The van der Waals surface area contributed by atoms with Crippen molar-refractivity contribution in [2.24, 2.45) is 0 Å². The second-order valence-corrected chi connectivity index (χ2v) is 6.37. The van der Waals surface area contributed by atoms with Crippen molar-refractivity contribution in [2.75, 3.05) is 30.8 Å². The van der Waals surface area contributed by atoms with E-state index in [1.54, 1.807) is 42.3 Å². The lowest BCUT2D eigenvalue weighted by molar-refractivity contribution is -0.119. The minimum Gasteiger partial charge on any atom is -0.325 e. The summed E-state index contributed by atoms with van der Waals surface area (Å²) in [5.41, 5.74) is 1.33. The number of halogens is 2. The van der Waals surface area contributed by atoms with Crippen molar-refractivity contribution < 1.29 is 9.59 Å². The molecule has 0 unspecified atom stereocenters. The quantitative estimate of drug-likeness (QED) is 0.791. The highest BCUT2D eigenvalue weighted by molar-refractivity contribution is 6.33. The zero-order valence-electron chi connectivity index (χ0n) is 13.9. The fourth-order valence-corrected chi connectivity index (χ4v) is 2.59. The van der Waals surface area contributed by atoms with Gasteiger partial charge < -0.3 is 10.6 Å². The molecular weight excluding hydrogens is 375 g/mol. The number of nitrogens with one attached hydrogen (secondary N) is 2. The topological polar surface area (TPSA) is 85.2 Å². The normalized spacial score (nSPS) is 10.3. The Morgan fingerprint density at radius 3 is 2.31 bits per heavy atom. The van der Waals surface area contributed by atoms with Gasteiger partial charge in [0.1, 0.15) is 6.07 Å². The lowest BCUT2D eigenvalue weighted by Crippen LogP contribution is -2.36. The van der Waals surface area contributed by atoms with E-state index in [2.05, 4.69) is 10.6 Å². The number of rotatable bonds is 6. The molecular formula is C18H16Cl2N4O2. The van der Waals surface area contributed by atoms with Crippen molar-refractivity contribution in [1.29, 1.82) is 5.26 Å². The van der Waals surface area contributed by atoms with Crippen LogP contribution in [0.1, 0.15) is 5.56 Å². The molecule has 0 aliphatic heterocycles. The van der Waals surface area contributed by atoms with E-state index in [0.29, 0.717) is 22.0 Å². The maximum Gasteiger partial charge on any atom is 0.238 e. The Morgan fingerprint density at radius 1 is 1.04 bits per heavy atom. The van der Waals surface area contributed by atoms with Crippen molar-refractivity contribution in [3.05, 3.63) is 58.1 Å². The molecule has 0 fully saturated rings. The first kappa shape index (κ1) is 19.7. The van der Waals surface area contributed by atoms with Crippen LogP contribution in [0.5, 0.6) is 0 Å². The number of likely N-dealkylation sites (N-methyl/N-ethyl adjacent to an activating group) is 1. The molecule has 0 atom stereocenters. The van der Waals surface area contributed by atoms with Gasteiger partial charge in [-0.3, -0.25) is 14.5 Å². The Morgan fingerprint density at radius 2 is 1.69 bits per heavy atom. The van der Waals surface area contributed by atoms with Crippen LogP contribution in [0, 0.1) is 11.3 Å². The molecule has 26 heavy (non-hydrogen) atoms. The average Bonchev–Trinajstić information content (AvgIpc) is 2.56. The van der Waals surface area contributed by atoms with Gasteiger partial charge in [-0.1, -0.05) is 35.3 Å². The second-order valence-electron chi connectivity index (χ2n) is 5.55. The van der Waals surface area contributed by atoms with E-state index in [1.807, 2.05) is 6.07 Å². The van der Waals surface area contributed by atoms with Crippen molar-refractivity contribution in [3.63, 3.8) is 0 Å². The van der Waals surface area contributed by atoms with Gasteiger partial charge >= 0.3 is 0 Å². The van der Waals surface area contributed by atoms with Crippen molar-refractivity contribution in [2.45, 2.75) is 0 Å². The lowest BCUT2D eigenvalue weighted by atomic mass is 10.2. The molecule has 2 aromatic rings. The molecule has 134 valence electrons. The Kier molecular flexibility index (Phi) is 6.98. The molecule has 0 heterocycles. The van der Waals surface area contributed by atoms with Gasteiger partial charge in [-0.25, -0.2) is 0 Å². The Balaban J connectivity index is 1.85. The summed E-state index contributed by atoms with van der Waals surface area (Å²) in [6.45, 7) is 0.0281. The summed E-state index contributed by atoms with van der Waals surface area (Å²) in [5.74, 6) is -0.589. The number of amides is 2. The number of hydrogen-bond acceptors (Lipinski definition) is 4. The van der Waals surface area contributed by atoms with Crippen LogP contribution in [0.4, 0.5) is 11.4 Å². The van der Waals surface area contributed by atoms with E-state index in [9.17, 15) is 9.59 Å². The fourth-order valence-electron chi connectivity index (χ4n) is 2.18. The summed E-state index contributed by atoms with van der Waals surface area (Å²) in [6, 6.07) is 13.5. The largest absolute Gasteiger partial charge is 0.325 e. The number of carbonyl (C=O) groups is 2. The predicted octanol–water partition coefficient (Wildman–Crippen LogP) is 3.37. The Hall–Kier alpha value is -2.59. The van der Waals surface area contributed by atoms with Gasteiger partial charge in [0.15, 0.2) is 0 Å². The minimum absolute atomic E-state index is 0.00750. The van der Waals surface area contributed by atoms with Gasteiger partial charge in [0, 0.05) is 5.69 Å². The first-order valence-electron chi connectivity index (χ1n) is 7.61. The monoisotopic (exact) mass is 390 g/mol. The number of carbonyl (C=O) groups excluding carboxylic acids is 2. The third-order valence-electron chi connectivity index (χ3n) is 3.35. The Labute approximate surface area is 161 Å². The van der Waals surface area contributed by atoms with Crippen LogP contribution in [0.25, 0.3) is 0 Å². The molecule has 0 bridgehead atoms. The number of hydrogen-bond donors (Lipinski definition) is 2. The minimum atomic E-state index is -0.307. The van der Waals surface area contributed by atoms with Crippen molar-refractivity contribution >= 4 is 46.4 Å². The maximum absolute atomic E-state index is 12.1. The van der Waals surface area contributed by atoms with Crippen LogP contribution in [0.2, 0.25) is 10.0 Å². The van der Waals surface area contributed by atoms with Crippen LogP contribution in [0.15, 0.2) is 42.5 Å². The molecule has 0 saturated carbocycles. The standard InChI is InChI=1S/C18H16Cl2N4O2/c1-24(11-18(26)23-16-5-3-2-4-14(16)19)10-17(25)22-13-7-6-12(9-21)15(20)8-13/h2-8H,10-11H2,1H3,(H,22,25)(H,23,26). The first-order valence-corrected chi connectivity index (χ1v) is 8.37. The summed E-state index contributed by atoms with van der Waals surface area (Å²) < 4.78 is 0. The summed E-state index contributed by atoms with van der Waals surface area (Å²) in [5, 5.41) is 14.9. The number of anilines is 2. The Bertz CT molecular complexity index is 865. The van der Waals surface area contributed by atoms with E-state index in [0.717, 1.165) is 0 Å². The van der Waals surface area contributed by atoms with E-state index >= 15 is 0 Å². The summed E-state index contributed by atoms with van der Waals surface area (Å²) >= 11 is 11.9. The van der Waals surface area contributed by atoms with Gasteiger partial charge in [-0.15, -0.1) is 0 Å². The van der Waals surface area contributed by atoms with E-state index in [4.69, 9.17) is 28.5 Å². The molecule has 0 aliphatic rings. The van der Waals surface area contributed by atoms with Crippen molar-refractivity contribution in [3.8, 4) is 6.07 Å². The molecule has 0 aliphatic carbocycles. The fraction of sp³-hybridized carbons (Fsp3) is 0.167. The van der Waals surface area contributed by atoms with Crippen LogP contribution < -0.4 is 10.6 Å². The number of benzene rings is 2. The smallest absolute Gasteiger partial charge is 0.238 e. The van der Waals surface area contributed by atoms with Gasteiger partial charge in [0.25, 0.3) is 0 Å². The third-order valence-corrected chi connectivity index (χ3v) is 3.99. The molecule has 0 spiro atoms. The highest BCUT2D eigenvalue weighted by atomic mass is 35.5. The van der Waals surface area contributed by atoms with E-state index < -0.39 is 0 Å². The first-order chi connectivity index (χ1) is 12.4. The van der Waals surface area contributed by atoms with E-state index in [-0.39, 0.29) is 29.9 Å². The SMILES string of the molecule is CN(CC(=O)Nc1ccc(C#N)c(Cl)c1)CC(=O)Nc1ccccc1Cl. The van der Waals surface area contributed by atoms with E-state index in [1.165, 1.54) is 12.1 Å². The van der Waals surface area contributed by atoms with Crippen LogP contribution in [-0.2, 0) is 9.59 Å². The third kappa shape index (κ3) is 5.74. The van der Waals surface area contributed by atoms with Crippen LogP contribution in [-0.4, -0.2) is 36.9 Å². The number of para-hydroxylation sites is 1. The summed E-state index contributed by atoms with van der Waals surface area (Å²) in [4.78, 5) is 25.7. The van der Waals surface area contributed by atoms with Crippen LogP contribution >= 0.6 is 23.2 Å². The molecule has 2 aromatic carbocycles. The van der Waals surface area contributed by atoms with Crippen LogP contribution in [0.3, 0.4) is 0 Å². The molecule has 6 nitrogen and oxygen atoms in total. The summed E-state index contributed by atoms with van der Waals surface area (Å²) in [7, 11) is 1.65. The van der Waals surface area contributed by atoms with Gasteiger partial charge in [-0.2, -0.15) is 5.26 Å². The molecule has 8 heteroatoms. The molecule has 0 aromatic heterocycles. The lowest BCUT2D eigenvalue weighted by Gasteiger charge is -2.16. The highest BCUT2D eigenvalue weighted by Gasteiger charge is 2.12. The second kappa shape index (κ2) is 9.20. The van der Waals surface area contributed by atoms with Gasteiger partial charge in [-0.05, 0) is 37.4 Å². The zero-order valence-corrected chi connectivity index (χ0v) is 15.4. The molecule has 0 saturated heterocycles. The van der Waals surface area contributed by atoms with Gasteiger partial charge in [0.05, 0.1) is 34.4 Å². The predicted molar refractivity (Wildman–Crippen MR) is 102 cm³/mol. The average molecular weight is 391 g/mol. The maximum atomic E-state index is 12.1. The number of nitriles is 1. The summed E-state index contributed by atoms with van der Waals surface area (Å²) in [6.07, 6.45) is 0. The highest BCUT2D eigenvalue weighted by Crippen LogP contribution is 2.21. The van der Waals surface area contributed by atoms with Gasteiger partial charge in [0.2, 0.25) is 11.8 Å². The molecule has 2 N–H and O–H groups in total. The molecule has 2 amide bonds. The zero-order chi connectivity index (χ0) is 19.1. The number of nitrogens with zero attached hydrogens (tertiary/aromatic N) is 2. The molecule has 0 radical (unpaired) electrons. The molecule has 2 rings (SSSR count). The van der Waals surface area contributed by atoms with Crippen molar-refractivity contribution in [1.82, 2.24) is 4.90 Å².